The Morgan fingerprint density at radius 2 is 1.58 bits per heavy atom. The van der Waals surface area contributed by atoms with E-state index in [-0.39, 0.29) is 6.41 Å². The number of aryl methyl sites for hydroxylation is 2. The number of nitrogens with two attached hydrogens (primary N) is 1. The third-order valence-corrected chi connectivity index (χ3v) is 7.91. The number of anilines is 2. The number of rotatable bonds is 8. The maximum Gasteiger partial charge on any atom is 0.273 e. The molecule has 43 heavy (non-hydrogen) atoms. The van der Waals surface area contributed by atoms with Crippen LogP contribution in [0.4, 0.5) is 24.5 Å². The highest BCUT2D eigenvalue weighted by molar-refractivity contribution is 5.64. The molecule has 1 saturated carbocycles. The van der Waals surface area contributed by atoms with Gasteiger partial charge in [0.05, 0.1) is 17.2 Å². The van der Waals surface area contributed by atoms with Gasteiger partial charge in [0, 0.05) is 31.4 Å². The van der Waals surface area contributed by atoms with E-state index in [0.29, 0.717) is 11.6 Å². The van der Waals surface area contributed by atoms with E-state index in [4.69, 9.17) is 10.1 Å². The Labute approximate surface area is 254 Å². The number of hydrogen-bond donors (Lipinski definition) is 1. The van der Waals surface area contributed by atoms with Gasteiger partial charge in [-0.1, -0.05) is 29.8 Å². The molecule has 2 aliphatic rings. The van der Waals surface area contributed by atoms with Crippen LogP contribution in [0.1, 0.15) is 61.3 Å². The Hall–Kier alpha value is -3.83. The van der Waals surface area contributed by atoms with Crippen molar-refractivity contribution in [2.45, 2.75) is 58.8 Å². The quantitative estimate of drug-likeness (QED) is 0.270. The predicted octanol–water partition coefficient (Wildman–Crippen LogP) is 7.86. The molecule has 3 aromatic carbocycles. The first-order chi connectivity index (χ1) is 20.5. The summed E-state index contributed by atoms with van der Waals surface area (Å²) in [5.41, 5.74) is 8.20. The summed E-state index contributed by atoms with van der Waals surface area (Å²) in [7, 11) is 0. The molecule has 1 saturated heterocycles. The van der Waals surface area contributed by atoms with Crippen molar-refractivity contribution in [2.24, 2.45) is 17.6 Å². The van der Waals surface area contributed by atoms with Gasteiger partial charge in [0.1, 0.15) is 5.82 Å². The highest BCUT2D eigenvalue weighted by atomic mass is 19.3. The summed E-state index contributed by atoms with van der Waals surface area (Å²) in [6.45, 7) is 9.06. The Morgan fingerprint density at radius 3 is 2.12 bits per heavy atom. The van der Waals surface area contributed by atoms with Crippen molar-refractivity contribution in [3.8, 4) is 6.07 Å². The summed E-state index contributed by atoms with van der Waals surface area (Å²) in [6, 6.07) is 21.8. The van der Waals surface area contributed by atoms with Crippen LogP contribution in [-0.4, -0.2) is 37.5 Å². The molecule has 230 valence electrons. The van der Waals surface area contributed by atoms with Crippen molar-refractivity contribution in [1.82, 2.24) is 4.90 Å². The number of piperidine rings is 1. The van der Waals surface area contributed by atoms with Crippen LogP contribution in [0.25, 0.3) is 0 Å². The average Bonchev–Trinajstić information content (AvgIpc) is 3.80. The highest BCUT2D eigenvalue weighted by Crippen LogP contribution is 2.36. The van der Waals surface area contributed by atoms with E-state index in [9.17, 15) is 13.2 Å². The molecule has 3 aromatic rings. The third kappa shape index (κ3) is 11.1. The zero-order valence-corrected chi connectivity index (χ0v) is 25.4. The van der Waals surface area contributed by atoms with Crippen LogP contribution in [0, 0.1) is 42.8 Å². The van der Waals surface area contributed by atoms with Gasteiger partial charge in [0.2, 0.25) is 6.41 Å². The van der Waals surface area contributed by atoms with Crippen molar-refractivity contribution in [1.29, 1.82) is 5.26 Å². The lowest BCUT2D eigenvalue weighted by Gasteiger charge is -2.34. The number of benzene rings is 3. The number of likely N-dealkylation sites (tertiary alicyclic amines) is 1. The molecule has 5 rings (SSSR count). The zero-order chi connectivity index (χ0) is 31.4. The second-order valence-electron chi connectivity index (χ2n) is 11.6. The van der Waals surface area contributed by atoms with Crippen LogP contribution in [0.3, 0.4) is 0 Å². The summed E-state index contributed by atoms with van der Waals surface area (Å²) < 4.78 is 42.0. The molecule has 2 fully saturated rings. The molecule has 0 radical (unpaired) electrons. The van der Waals surface area contributed by atoms with Crippen LogP contribution >= 0.6 is 0 Å². The molecular formula is C35H43F3N4O. The first-order valence-electron chi connectivity index (χ1n) is 14.9. The van der Waals surface area contributed by atoms with E-state index in [1.165, 1.54) is 44.4 Å². The van der Waals surface area contributed by atoms with Crippen LogP contribution in [0.5, 0.6) is 0 Å². The van der Waals surface area contributed by atoms with E-state index < -0.39 is 17.3 Å². The SMILES string of the molecule is Cc1ccc(N(CCC2CCN(CC3CC3)CC2)c2ccc(F)c(C(C)(F)F)c2)cc1.Cc1cccc(C#N)c1.NC=O. The van der Waals surface area contributed by atoms with Crippen molar-refractivity contribution >= 4 is 17.8 Å². The number of primary amides is 1. The van der Waals surface area contributed by atoms with E-state index in [0.717, 1.165) is 61.3 Å². The molecule has 0 spiro atoms. The summed E-state index contributed by atoms with van der Waals surface area (Å²) in [5, 5.41) is 8.41. The zero-order valence-electron chi connectivity index (χ0n) is 25.4. The van der Waals surface area contributed by atoms with Gasteiger partial charge < -0.3 is 15.5 Å². The highest BCUT2D eigenvalue weighted by Gasteiger charge is 2.30. The van der Waals surface area contributed by atoms with Gasteiger partial charge in [-0.2, -0.15) is 5.26 Å². The summed E-state index contributed by atoms with van der Waals surface area (Å²) in [6.07, 6.45) is 6.41. The first-order valence-corrected chi connectivity index (χ1v) is 14.9. The fourth-order valence-electron chi connectivity index (χ4n) is 5.30. The van der Waals surface area contributed by atoms with Crippen LogP contribution in [0.15, 0.2) is 66.7 Å². The van der Waals surface area contributed by atoms with E-state index in [1.54, 1.807) is 12.1 Å². The molecule has 0 aromatic heterocycles. The van der Waals surface area contributed by atoms with Crippen molar-refractivity contribution in [3.05, 3.63) is 94.8 Å². The fraction of sp³-hybridized carbons (Fsp3) is 0.429. The standard InChI is InChI=1S/C26H33F3N2.C8H7N.CH3NO/c1-19-3-7-22(8-4-19)31(23-9-10-25(27)24(17-23)26(2,28)29)16-13-20-11-14-30(15-12-20)18-21-5-6-21;1-7-3-2-4-8(5-7)6-9;2-1-3/h3-4,7-10,17,20-21H,5-6,11-16,18H2,1-2H3;2-5H,1H3;1H,(H2,2,3). The lowest BCUT2D eigenvalue weighted by atomic mass is 9.93. The van der Waals surface area contributed by atoms with Crippen LogP contribution < -0.4 is 10.6 Å². The molecule has 8 heteroatoms. The second-order valence-corrected chi connectivity index (χ2v) is 11.6. The topological polar surface area (TPSA) is 73.4 Å². The lowest BCUT2D eigenvalue weighted by molar-refractivity contribution is -0.106. The number of carbonyl (C=O) groups is 1. The van der Waals surface area contributed by atoms with E-state index >= 15 is 0 Å². The van der Waals surface area contributed by atoms with E-state index in [2.05, 4.69) is 21.6 Å². The Balaban J connectivity index is 0.000000354. The molecular weight excluding hydrogens is 549 g/mol. The first kappa shape index (κ1) is 33.7. The number of halogens is 3. The molecule has 1 aliphatic heterocycles. The van der Waals surface area contributed by atoms with Crippen LogP contribution in [0.2, 0.25) is 0 Å². The van der Waals surface area contributed by atoms with Gasteiger partial charge in [-0.3, -0.25) is 4.79 Å². The van der Waals surface area contributed by atoms with Gasteiger partial charge in [-0.25, -0.2) is 13.2 Å². The van der Waals surface area contributed by atoms with Crippen molar-refractivity contribution < 1.29 is 18.0 Å². The van der Waals surface area contributed by atoms with Gasteiger partial charge in [-0.05, 0) is 119 Å². The van der Waals surface area contributed by atoms with E-state index in [1.807, 2.05) is 56.3 Å². The van der Waals surface area contributed by atoms with Gasteiger partial charge in [-0.15, -0.1) is 0 Å². The number of alkyl halides is 2. The molecule has 1 amide bonds. The fourth-order valence-corrected chi connectivity index (χ4v) is 5.30. The van der Waals surface area contributed by atoms with Gasteiger partial charge in [0.25, 0.3) is 5.92 Å². The Morgan fingerprint density at radius 1 is 0.953 bits per heavy atom. The number of nitrogens with zero attached hydrogens (tertiary/aromatic N) is 3. The number of amides is 1. The summed E-state index contributed by atoms with van der Waals surface area (Å²) in [4.78, 5) is 13.2. The average molecular weight is 593 g/mol. The number of hydrogen-bond acceptors (Lipinski definition) is 4. The normalized spacial score (nSPS) is 15.3. The Bertz CT molecular complexity index is 1340. The largest absolute Gasteiger partial charge is 0.372 e. The molecule has 0 bridgehead atoms. The Kier molecular flexibility index (Phi) is 12.6. The molecule has 1 aliphatic carbocycles. The number of carbonyl (C=O) groups excluding carboxylic acids is 1. The molecule has 1 heterocycles. The molecule has 5 nitrogen and oxygen atoms in total. The molecule has 0 unspecified atom stereocenters. The third-order valence-electron chi connectivity index (χ3n) is 7.91. The lowest BCUT2D eigenvalue weighted by Crippen LogP contribution is -2.36. The second kappa shape index (κ2) is 16.1. The van der Waals surface area contributed by atoms with Gasteiger partial charge in [0.15, 0.2) is 0 Å². The van der Waals surface area contributed by atoms with Crippen LogP contribution in [-0.2, 0) is 10.7 Å². The predicted molar refractivity (Wildman–Crippen MR) is 167 cm³/mol. The van der Waals surface area contributed by atoms with Crippen molar-refractivity contribution in [3.63, 3.8) is 0 Å². The molecule has 2 N–H and O–H groups in total. The van der Waals surface area contributed by atoms with Crippen molar-refractivity contribution in [2.75, 3.05) is 31.1 Å². The maximum atomic E-state index is 14.1. The minimum Gasteiger partial charge on any atom is -0.372 e. The number of nitriles is 1. The summed E-state index contributed by atoms with van der Waals surface area (Å²) in [5.74, 6) is -2.51. The molecule has 0 atom stereocenters. The minimum absolute atomic E-state index is 0.250. The summed E-state index contributed by atoms with van der Waals surface area (Å²) >= 11 is 0. The smallest absolute Gasteiger partial charge is 0.273 e. The maximum absolute atomic E-state index is 14.1. The van der Waals surface area contributed by atoms with Gasteiger partial charge >= 0.3 is 0 Å². The monoisotopic (exact) mass is 592 g/mol. The minimum atomic E-state index is -3.21.